The summed E-state index contributed by atoms with van der Waals surface area (Å²) in [6.07, 6.45) is 1.88. The van der Waals surface area contributed by atoms with Crippen LogP contribution >= 0.6 is 22.7 Å². The molecule has 0 radical (unpaired) electrons. The van der Waals surface area contributed by atoms with Crippen LogP contribution in [0.3, 0.4) is 0 Å². The highest BCUT2D eigenvalue weighted by molar-refractivity contribution is 7.14. The molecular weight excluding hydrogens is 378 g/mol. The standard InChI is InChI=1S/C19H17N5OS2/c1-12-7-13(2)24(23-12)17-4-3-15(9-20-17)21-18(25)8-16-11-27-19(22-16)14-5-6-26-10-14/h3-7,9-11H,8H2,1-2H3,(H,21,25). The van der Waals surface area contributed by atoms with Gasteiger partial charge in [-0.25, -0.2) is 14.6 Å². The van der Waals surface area contributed by atoms with Gasteiger partial charge in [0.1, 0.15) is 5.01 Å². The van der Waals surface area contributed by atoms with Crippen LogP contribution < -0.4 is 5.32 Å². The zero-order valence-electron chi connectivity index (χ0n) is 14.8. The molecule has 136 valence electrons. The molecule has 0 aromatic carbocycles. The summed E-state index contributed by atoms with van der Waals surface area (Å²) >= 11 is 3.19. The molecule has 0 fully saturated rings. The number of pyridine rings is 1. The van der Waals surface area contributed by atoms with Gasteiger partial charge in [-0.1, -0.05) is 0 Å². The van der Waals surface area contributed by atoms with Crippen molar-refractivity contribution in [2.75, 3.05) is 5.32 Å². The maximum Gasteiger partial charge on any atom is 0.230 e. The molecule has 4 rings (SSSR count). The van der Waals surface area contributed by atoms with Gasteiger partial charge < -0.3 is 5.32 Å². The molecule has 0 saturated heterocycles. The van der Waals surface area contributed by atoms with Crippen molar-refractivity contribution in [3.05, 3.63) is 63.7 Å². The molecule has 6 nitrogen and oxygen atoms in total. The van der Waals surface area contributed by atoms with Crippen molar-refractivity contribution in [2.45, 2.75) is 20.3 Å². The smallest absolute Gasteiger partial charge is 0.230 e. The first kappa shape index (κ1) is 17.6. The molecule has 4 heterocycles. The van der Waals surface area contributed by atoms with E-state index in [9.17, 15) is 4.79 Å². The van der Waals surface area contributed by atoms with E-state index in [1.54, 1.807) is 33.6 Å². The number of thiazole rings is 1. The highest BCUT2D eigenvalue weighted by Crippen LogP contribution is 2.26. The Morgan fingerprint density at radius 1 is 1.22 bits per heavy atom. The zero-order valence-corrected chi connectivity index (χ0v) is 16.5. The maximum absolute atomic E-state index is 12.3. The summed E-state index contributed by atoms with van der Waals surface area (Å²) in [7, 11) is 0. The number of carbonyl (C=O) groups excluding carboxylic acids is 1. The van der Waals surface area contributed by atoms with E-state index in [4.69, 9.17) is 0 Å². The summed E-state index contributed by atoms with van der Waals surface area (Å²) in [5.74, 6) is 0.608. The van der Waals surface area contributed by atoms with Gasteiger partial charge in [-0.3, -0.25) is 4.79 Å². The third-order valence-electron chi connectivity index (χ3n) is 3.92. The van der Waals surface area contributed by atoms with Crippen LogP contribution in [0.25, 0.3) is 16.4 Å². The van der Waals surface area contributed by atoms with Crippen LogP contribution in [-0.2, 0) is 11.2 Å². The Morgan fingerprint density at radius 3 is 2.78 bits per heavy atom. The lowest BCUT2D eigenvalue weighted by Gasteiger charge is -2.06. The molecule has 1 N–H and O–H groups in total. The Balaban J connectivity index is 1.40. The molecule has 8 heteroatoms. The molecule has 27 heavy (non-hydrogen) atoms. The first-order valence-corrected chi connectivity index (χ1v) is 10.2. The van der Waals surface area contributed by atoms with E-state index in [2.05, 4.69) is 25.8 Å². The number of rotatable bonds is 5. The topological polar surface area (TPSA) is 72.7 Å². The van der Waals surface area contributed by atoms with Crippen LogP contribution in [0.4, 0.5) is 5.69 Å². The van der Waals surface area contributed by atoms with Crippen molar-refractivity contribution in [3.8, 4) is 16.4 Å². The minimum atomic E-state index is -0.113. The lowest BCUT2D eigenvalue weighted by Crippen LogP contribution is -2.15. The van der Waals surface area contributed by atoms with Crippen LogP contribution in [0, 0.1) is 13.8 Å². The number of nitrogens with one attached hydrogen (secondary N) is 1. The molecule has 1 amide bonds. The molecule has 0 bridgehead atoms. The molecule has 0 aliphatic carbocycles. The van der Waals surface area contributed by atoms with Crippen molar-refractivity contribution in [1.29, 1.82) is 0 Å². The SMILES string of the molecule is Cc1cc(C)n(-c2ccc(NC(=O)Cc3csc(-c4ccsc4)n3)cn2)n1. The number of aromatic nitrogens is 4. The molecular formula is C19H17N5OS2. The highest BCUT2D eigenvalue weighted by Gasteiger charge is 2.11. The normalized spacial score (nSPS) is 10.9. The molecule has 4 aromatic rings. The molecule has 0 aliphatic heterocycles. The van der Waals surface area contributed by atoms with Gasteiger partial charge in [0.15, 0.2) is 5.82 Å². The summed E-state index contributed by atoms with van der Waals surface area (Å²) < 4.78 is 1.78. The largest absolute Gasteiger partial charge is 0.324 e. The van der Waals surface area contributed by atoms with Gasteiger partial charge in [0.05, 0.1) is 29.7 Å². The predicted molar refractivity (Wildman–Crippen MR) is 109 cm³/mol. The number of hydrogen-bond acceptors (Lipinski definition) is 6. The van der Waals surface area contributed by atoms with E-state index in [1.165, 1.54) is 0 Å². The van der Waals surface area contributed by atoms with Crippen LogP contribution in [0.5, 0.6) is 0 Å². The molecule has 0 saturated carbocycles. The Hall–Kier alpha value is -2.84. The lowest BCUT2D eigenvalue weighted by atomic mass is 10.3. The monoisotopic (exact) mass is 395 g/mol. The van der Waals surface area contributed by atoms with Crippen molar-refractivity contribution >= 4 is 34.3 Å². The second-order valence-corrected chi connectivity index (χ2v) is 7.76. The van der Waals surface area contributed by atoms with E-state index in [0.29, 0.717) is 5.69 Å². The fourth-order valence-corrected chi connectivity index (χ4v) is 4.25. The number of thiophene rings is 1. The number of amides is 1. The number of hydrogen-bond donors (Lipinski definition) is 1. The average Bonchev–Trinajstić information content (AvgIpc) is 3.37. The van der Waals surface area contributed by atoms with Crippen LogP contribution in [0.15, 0.2) is 46.6 Å². The number of nitrogens with zero attached hydrogens (tertiary/aromatic N) is 4. The maximum atomic E-state index is 12.3. The van der Waals surface area contributed by atoms with Gasteiger partial charge in [-0.2, -0.15) is 16.4 Å². The summed E-state index contributed by atoms with van der Waals surface area (Å²) in [5, 5.41) is 14.2. The number of carbonyl (C=O) groups is 1. The average molecular weight is 396 g/mol. The quantitative estimate of drug-likeness (QED) is 0.548. The van der Waals surface area contributed by atoms with Gasteiger partial charge in [0, 0.05) is 22.0 Å². The number of aryl methyl sites for hydroxylation is 2. The lowest BCUT2D eigenvalue weighted by molar-refractivity contribution is -0.115. The molecule has 0 spiro atoms. The third-order valence-corrected chi connectivity index (χ3v) is 5.54. The zero-order chi connectivity index (χ0) is 18.8. The molecule has 0 aliphatic rings. The Morgan fingerprint density at radius 2 is 2.11 bits per heavy atom. The van der Waals surface area contributed by atoms with E-state index < -0.39 is 0 Å². The summed E-state index contributed by atoms with van der Waals surface area (Å²) in [6, 6.07) is 7.69. The second kappa shape index (κ2) is 7.42. The van der Waals surface area contributed by atoms with Crippen molar-refractivity contribution in [2.24, 2.45) is 0 Å². The van der Waals surface area contributed by atoms with E-state index >= 15 is 0 Å². The fraction of sp³-hybridized carbons (Fsp3) is 0.158. The summed E-state index contributed by atoms with van der Waals surface area (Å²) in [5.41, 5.74) is 4.48. The van der Waals surface area contributed by atoms with Crippen LogP contribution in [0.2, 0.25) is 0 Å². The van der Waals surface area contributed by atoms with E-state index in [1.807, 2.05) is 48.9 Å². The van der Waals surface area contributed by atoms with Gasteiger partial charge in [-0.05, 0) is 43.5 Å². The van der Waals surface area contributed by atoms with Crippen molar-refractivity contribution in [3.63, 3.8) is 0 Å². The van der Waals surface area contributed by atoms with Crippen molar-refractivity contribution in [1.82, 2.24) is 19.7 Å². The van der Waals surface area contributed by atoms with Crippen LogP contribution in [0.1, 0.15) is 17.1 Å². The van der Waals surface area contributed by atoms with E-state index in [0.717, 1.165) is 33.5 Å². The second-order valence-electron chi connectivity index (χ2n) is 6.12. The van der Waals surface area contributed by atoms with Gasteiger partial charge >= 0.3 is 0 Å². The third kappa shape index (κ3) is 3.96. The molecule has 4 aromatic heterocycles. The number of anilines is 1. The Bertz CT molecular complexity index is 1060. The van der Waals surface area contributed by atoms with Crippen molar-refractivity contribution < 1.29 is 4.79 Å². The minimum absolute atomic E-state index is 0.113. The van der Waals surface area contributed by atoms with Gasteiger partial charge in [0.2, 0.25) is 5.91 Å². The molecule has 0 atom stereocenters. The highest BCUT2D eigenvalue weighted by atomic mass is 32.1. The van der Waals surface area contributed by atoms with Gasteiger partial charge in [0.25, 0.3) is 0 Å². The predicted octanol–water partition coefficient (Wildman–Crippen LogP) is 4.25. The van der Waals surface area contributed by atoms with Gasteiger partial charge in [-0.15, -0.1) is 11.3 Å². The summed E-state index contributed by atoms with van der Waals surface area (Å²) in [4.78, 5) is 21.2. The fourth-order valence-electron chi connectivity index (χ4n) is 2.72. The Labute approximate surface area is 164 Å². The molecule has 0 unspecified atom stereocenters. The van der Waals surface area contributed by atoms with E-state index in [-0.39, 0.29) is 12.3 Å². The Kier molecular flexibility index (Phi) is 4.83. The minimum Gasteiger partial charge on any atom is -0.324 e. The first-order valence-electron chi connectivity index (χ1n) is 8.35. The van der Waals surface area contributed by atoms with Crippen LogP contribution in [-0.4, -0.2) is 25.7 Å². The summed E-state index contributed by atoms with van der Waals surface area (Å²) in [6.45, 7) is 3.93. The first-order chi connectivity index (χ1) is 13.1.